The predicted octanol–water partition coefficient (Wildman–Crippen LogP) is 4.03. The zero-order valence-electron chi connectivity index (χ0n) is 12.5. The van der Waals surface area contributed by atoms with E-state index in [9.17, 15) is 9.90 Å². The molecule has 2 aromatic rings. The number of aromatic hydroxyl groups is 1. The largest absolute Gasteiger partial charge is 0.506 e. The van der Waals surface area contributed by atoms with E-state index in [1.54, 1.807) is 30.3 Å². The first kappa shape index (κ1) is 17.8. The van der Waals surface area contributed by atoms with E-state index in [1.165, 1.54) is 18.3 Å². The molecule has 0 radical (unpaired) electrons. The molecule has 0 aromatic heterocycles. The Morgan fingerprint density at radius 1 is 1.29 bits per heavy atom. The second-order valence-electron chi connectivity index (χ2n) is 4.65. The number of rotatable bonds is 6. The van der Waals surface area contributed by atoms with Crippen LogP contribution in [0.5, 0.6) is 11.5 Å². The summed E-state index contributed by atoms with van der Waals surface area (Å²) in [5.41, 5.74) is 3.05. The third-order valence-electron chi connectivity index (χ3n) is 2.91. The van der Waals surface area contributed by atoms with Crippen molar-refractivity contribution in [2.24, 2.45) is 5.10 Å². The SMILES string of the molecule is C=CCOc1ccc(C(=O)NN=Cc2cc(Cl)cc(Cl)c2O)cc1. The summed E-state index contributed by atoms with van der Waals surface area (Å²) < 4.78 is 5.33. The van der Waals surface area contributed by atoms with Gasteiger partial charge in [-0.2, -0.15) is 5.10 Å². The molecule has 0 aliphatic carbocycles. The highest BCUT2D eigenvalue weighted by atomic mass is 35.5. The molecule has 124 valence electrons. The molecule has 2 rings (SSSR count). The molecule has 1 amide bonds. The summed E-state index contributed by atoms with van der Waals surface area (Å²) in [6.45, 7) is 3.95. The first-order valence-electron chi connectivity index (χ1n) is 6.86. The van der Waals surface area contributed by atoms with E-state index >= 15 is 0 Å². The molecule has 24 heavy (non-hydrogen) atoms. The third-order valence-corrected chi connectivity index (χ3v) is 3.42. The van der Waals surface area contributed by atoms with E-state index in [1.807, 2.05) is 0 Å². The van der Waals surface area contributed by atoms with Crippen molar-refractivity contribution in [1.29, 1.82) is 0 Å². The lowest BCUT2D eigenvalue weighted by molar-refractivity contribution is 0.0955. The highest BCUT2D eigenvalue weighted by Gasteiger charge is 2.07. The minimum Gasteiger partial charge on any atom is -0.506 e. The minimum atomic E-state index is -0.408. The number of ether oxygens (including phenoxy) is 1. The summed E-state index contributed by atoms with van der Waals surface area (Å²) in [7, 11) is 0. The zero-order chi connectivity index (χ0) is 17.5. The molecule has 0 heterocycles. The molecular weight excluding hydrogens is 351 g/mol. The fourth-order valence-electron chi connectivity index (χ4n) is 1.77. The molecule has 0 aliphatic heterocycles. The molecule has 0 bridgehead atoms. The average molecular weight is 365 g/mol. The van der Waals surface area contributed by atoms with Crippen molar-refractivity contribution in [2.75, 3.05) is 6.61 Å². The van der Waals surface area contributed by atoms with Gasteiger partial charge in [-0.3, -0.25) is 4.79 Å². The topological polar surface area (TPSA) is 70.9 Å². The van der Waals surface area contributed by atoms with Crippen LogP contribution in [0.3, 0.4) is 0 Å². The van der Waals surface area contributed by atoms with Gasteiger partial charge in [-0.25, -0.2) is 5.43 Å². The number of carbonyl (C=O) groups is 1. The van der Waals surface area contributed by atoms with Gasteiger partial charge in [0, 0.05) is 16.1 Å². The summed E-state index contributed by atoms with van der Waals surface area (Å²) in [5.74, 6) is 0.0605. The summed E-state index contributed by atoms with van der Waals surface area (Å²) in [6, 6.07) is 9.44. The van der Waals surface area contributed by atoms with Crippen LogP contribution in [-0.2, 0) is 0 Å². The van der Waals surface area contributed by atoms with Crippen LogP contribution in [0.2, 0.25) is 10.0 Å². The Labute approximate surface area is 149 Å². The lowest BCUT2D eigenvalue weighted by Gasteiger charge is -2.05. The predicted molar refractivity (Wildman–Crippen MR) is 95.3 cm³/mol. The molecule has 0 saturated carbocycles. The van der Waals surface area contributed by atoms with Gasteiger partial charge in [0.2, 0.25) is 0 Å². The van der Waals surface area contributed by atoms with Crippen LogP contribution in [-0.4, -0.2) is 23.8 Å². The molecule has 0 spiro atoms. The number of phenols is 1. The normalized spacial score (nSPS) is 10.6. The molecule has 0 unspecified atom stereocenters. The Morgan fingerprint density at radius 3 is 2.67 bits per heavy atom. The van der Waals surface area contributed by atoms with Crippen LogP contribution in [0.4, 0.5) is 0 Å². The molecule has 0 aliphatic rings. The van der Waals surface area contributed by atoms with Crippen LogP contribution in [0.1, 0.15) is 15.9 Å². The summed E-state index contributed by atoms with van der Waals surface area (Å²) in [4.78, 5) is 12.0. The maximum absolute atomic E-state index is 12.0. The molecular formula is C17H14Cl2N2O3. The number of hydrogen-bond donors (Lipinski definition) is 2. The molecule has 5 nitrogen and oxygen atoms in total. The van der Waals surface area contributed by atoms with Crippen molar-refractivity contribution in [1.82, 2.24) is 5.43 Å². The van der Waals surface area contributed by atoms with E-state index in [4.69, 9.17) is 27.9 Å². The van der Waals surface area contributed by atoms with E-state index in [-0.39, 0.29) is 10.8 Å². The molecule has 0 saturated heterocycles. The van der Waals surface area contributed by atoms with Crippen molar-refractivity contribution in [3.05, 3.63) is 70.2 Å². The van der Waals surface area contributed by atoms with Crippen molar-refractivity contribution >= 4 is 35.3 Å². The summed E-state index contributed by atoms with van der Waals surface area (Å²) in [5, 5.41) is 14.0. The van der Waals surface area contributed by atoms with E-state index in [0.29, 0.717) is 28.5 Å². The first-order valence-corrected chi connectivity index (χ1v) is 7.62. The second kappa shape index (κ2) is 8.38. The maximum Gasteiger partial charge on any atom is 0.271 e. The molecule has 7 heteroatoms. The molecule has 0 fully saturated rings. The smallest absolute Gasteiger partial charge is 0.271 e. The highest BCUT2D eigenvalue weighted by Crippen LogP contribution is 2.29. The summed E-state index contributed by atoms with van der Waals surface area (Å²) in [6.07, 6.45) is 2.89. The Hall–Kier alpha value is -2.50. The lowest BCUT2D eigenvalue weighted by Crippen LogP contribution is -2.17. The lowest BCUT2D eigenvalue weighted by atomic mass is 10.2. The quantitative estimate of drug-likeness (QED) is 0.461. The highest BCUT2D eigenvalue weighted by molar-refractivity contribution is 6.36. The van der Waals surface area contributed by atoms with Gasteiger partial charge in [-0.05, 0) is 36.4 Å². The van der Waals surface area contributed by atoms with Gasteiger partial charge in [0.25, 0.3) is 5.91 Å². The number of nitrogens with one attached hydrogen (secondary N) is 1. The number of hydrogen-bond acceptors (Lipinski definition) is 4. The van der Waals surface area contributed by atoms with Crippen LogP contribution in [0.15, 0.2) is 54.2 Å². The Morgan fingerprint density at radius 2 is 2.00 bits per heavy atom. The fourth-order valence-corrected chi connectivity index (χ4v) is 2.28. The van der Waals surface area contributed by atoms with Gasteiger partial charge in [-0.15, -0.1) is 0 Å². The van der Waals surface area contributed by atoms with Gasteiger partial charge in [0.1, 0.15) is 18.1 Å². The Bertz CT molecular complexity index is 774. The monoisotopic (exact) mass is 364 g/mol. The van der Waals surface area contributed by atoms with E-state index < -0.39 is 5.91 Å². The first-order chi connectivity index (χ1) is 11.5. The van der Waals surface area contributed by atoms with Crippen molar-refractivity contribution in [2.45, 2.75) is 0 Å². The van der Waals surface area contributed by atoms with Crippen LogP contribution in [0, 0.1) is 0 Å². The van der Waals surface area contributed by atoms with Crippen molar-refractivity contribution in [3.8, 4) is 11.5 Å². The number of phenolic OH excluding ortho intramolecular Hbond substituents is 1. The van der Waals surface area contributed by atoms with Gasteiger partial charge >= 0.3 is 0 Å². The molecule has 2 aromatic carbocycles. The van der Waals surface area contributed by atoms with Gasteiger partial charge < -0.3 is 9.84 Å². The molecule has 2 N–H and O–H groups in total. The Kier molecular flexibility index (Phi) is 6.23. The van der Waals surface area contributed by atoms with Gasteiger partial charge in [0.15, 0.2) is 0 Å². The standard InChI is InChI=1S/C17H14Cl2N2O3/c1-2-7-24-14-5-3-11(4-6-14)17(23)21-20-10-12-8-13(18)9-15(19)16(12)22/h2-6,8-10,22H,1,7H2,(H,21,23). The van der Waals surface area contributed by atoms with E-state index in [2.05, 4.69) is 17.1 Å². The number of amides is 1. The number of halogens is 2. The fraction of sp³-hybridized carbons (Fsp3) is 0.0588. The van der Waals surface area contributed by atoms with Crippen molar-refractivity contribution < 1.29 is 14.6 Å². The molecule has 0 atom stereocenters. The number of hydrazone groups is 1. The summed E-state index contributed by atoms with van der Waals surface area (Å²) >= 11 is 11.7. The maximum atomic E-state index is 12.0. The Balaban J connectivity index is 2.01. The second-order valence-corrected chi connectivity index (χ2v) is 5.49. The van der Waals surface area contributed by atoms with Gasteiger partial charge in [-0.1, -0.05) is 35.9 Å². The van der Waals surface area contributed by atoms with Crippen molar-refractivity contribution in [3.63, 3.8) is 0 Å². The third kappa shape index (κ3) is 4.75. The van der Waals surface area contributed by atoms with Crippen LogP contribution >= 0.6 is 23.2 Å². The van der Waals surface area contributed by atoms with Crippen LogP contribution < -0.4 is 10.2 Å². The zero-order valence-corrected chi connectivity index (χ0v) is 14.0. The minimum absolute atomic E-state index is 0.102. The van der Waals surface area contributed by atoms with Crippen LogP contribution in [0.25, 0.3) is 0 Å². The number of carbonyl (C=O) groups excluding carboxylic acids is 1. The average Bonchev–Trinajstić information content (AvgIpc) is 2.57. The number of benzene rings is 2. The van der Waals surface area contributed by atoms with E-state index in [0.717, 1.165) is 0 Å². The number of nitrogens with zero attached hydrogens (tertiary/aromatic N) is 1. The van der Waals surface area contributed by atoms with Gasteiger partial charge in [0.05, 0.1) is 11.2 Å².